The van der Waals surface area contributed by atoms with Crippen LogP contribution in [0.2, 0.25) is 0 Å². The third kappa shape index (κ3) is 33.0. The molecule has 2 atom stereocenters. The highest BCUT2D eigenvalue weighted by atomic mass is 16.6. The van der Waals surface area contributed by atoms with Crippen molar-refractivity contribution in [2.75, 3.05) is 39.5 Å². The van der Waals surface area contributed by atoms with Crippen LogP contribution in [0.4, 0.5) is 4.79 Å². The molecule has 1 amide bonds. The third-order valence-electron chi connectivity index (χ3n) is 11.9. The fourth-order valence-corrected chi connectivity index (χ4v) is 7.92. The van der Waals surface area contributed by atoms with Crippen molar-refractivity contribution in [3.8, 4) is 0 Å². The lowest BCUT2D eigenvalue weighted by atomic mass is 10.0. The summed E-state index contributed by atoms with van der Waals surface area (Å²) >= 11 is 0. The summed E-state index contributed by atoms with van der Waals surface area (Å²) < 4.78 is 24.6. The molecule has 1 aliphatic heterocycles. The van der Waals surface area contributed by atoms with Crippen molar-refractivity contribution in [1.29, 1.82) is 0 Å². The van der Waals surface area contributed by atoms with Gasteiger partial charge in [-0.2, -0.15) is 0 Å². The van der Waals surface area contributed by atoms with Crippen LogP contribution in [0, 0.1) is 5.92 Å². The minimum Gasteiger partial charge on any atom is -0.449 e. The summed E-state index contributed by atoms with van der Waals surface area (Å²) in [6.45, 7) is 16.7. The van der Waals surface area contributed by atoms with Gasteiger partial charge in [0.1, 0.15) is 12.2 Å². The SMILES string of the molecule is CCCCCCCCCCCCCCCCCCOC1CN(C(=O)OCCC(C)(C)OCC(C)C)CC1OCCCCCCCCCCCCCCCCCC. The Morgan fingerprint density at radius 3 is 1.11 bits per heavy atom. The zero-order valence-electron chi connectivity index (χ0n) is 38.8. The Labute approximate surface area is 350 Å². The van der Waals surface area contributed by atoms with E-state index in [0.717, 1.165) is 26.1 Å². The van der Waals surface area contributed by atoms with Gasteiger partial charge in [0.25, 0.3) is 0 Å². The number of unbranched alkanes of at least 4 members (excludes halogenated alkanes) is 30. The molecule has 2 unspecified atom stereocenters. The number of hydrogen-bond acceptors (Lipinski definition) is 5. The van der Waals surface area contributed by atoms with Gasteiger partial charge in [-0.3, -0.25) is 0 Å². The van der Waals surface area contributed by atoms with E-state index >= 15 is 0 Å². The van der Waals surface area contributed by atoms with Crippen molar-refractivity contribution in [2.45, 2.75) is 271 Å². The largest absolute Gasteiger partial charge is 0.449 e. The summed E-state index contributed by atoms with van der Waals surface area (Å²) in [7, 11) is 0. The van der Waals surface area contributed by atoms with Crippen LogP contribution in [0.1, 0.15) is 253 Å². The van der Waals surface area contributed by atoms with E-state index in [4.69, 9.17) is 18.9 Å². The molecule has 0 spiro atoms. The van der Waals surface area contributed by atoms with E-state index in [1.807, 2.05) is 0 Å². The highest BCUT2D eigenvalue weighted by Gasteiger charge is 2.37. The molecule has 0 bridgehead atoms. The molecule has 1 fully saturated rings. The Kier molecular flexibility index (Phi) is 36.4. The Morgan fingerprint density at radius 2 is 0.804 bits per heavy atom. The summed E-state index contributed by atoms with van der Waals surface area (Å²) in [6.07, 6.45) is 44.0. The van der Waals surface area contributed by atoms with E-state index < -0.39 is 0 Å². The van der Waals surface area contributed by atoms with Crippen LogP contribution in [0.3, 0.4) is 0 Å². The maximum Gasteiger partial charge on any atom is 0.409 e. The number of ether oxygens (including phenoxy) is 4. The number of nitrogens with zero attached hydrogens (tertiary/aromatic N) is 1. The second-order valence-corrected chi connectivity index (χ2v) is 18.7. The van der Waals surface area contributed by atoms with Gasteiger partial charge in [-0.15, -0.1) is 0 Å². The van der Waals surface area contributed by atoms with Crippen molar-refractivity contribution >= 4 is 6.09 Å². The monoisotopic (exact) mass is 794 g/mol. The maximum atomic E-state index is 13.1. The molecule has 1 saturated heterocycles. The van der Waals surface area contributed by atoms with Gasteiger partial charge >= 0.3 is 6.09 Å². The number of hydrogen-bond donors (Lipinski definition) is 0. The zero-order chi connectivity index (χ0) is 40.8. The van der Waals surface area contributed by atoms with Gasteiger partial charge < -0.3 is 23.8 Å². The lowest BCUT2D eigenvalue weighted by Crippen LogP contribution is -2.33. The van der Waals surface area contributed by atoms with Gasteiger partial charge in [0.2, 0.25) is 0 Å². The first-order valence-corrected chi connectivity index (χ1v) is 25.1. The van der Waals surface area contributed by atoms with Gasteiger partial charge in [-0.1, -0.05) is 220 Å². The Bertz CT molecular complexity index is 788. The summed E-state index contributed by atoms with van der Waals surface area (Å²) in [4.78, 5) is 14.9. The number of carbonyl (C=O) groups excluding carboxylic acids is 1. The van der Waals surface area contributed by atoms with Crippen LogP contribution in [-0.4, -0.2) is 68.3 Å². The minimum atomic E-state index is -0.313. The molecule has 6 nitrogen and oxygen atoms in total. The quantitative estimate of drug-likeness (QED) is 0.0576. The molecular weight excluding hydrogens is 695 g/mol. The van der Waals surface area contributed by atoms with E-state index in [-0.39, 0.29) is 23.9 Å². The van der Waals surface area contributed by atoms with Crippen LogP contribution in [0.15, 0.2) is 0 Å². The van der Waals surface area contributed by atoms with Gasteiger partial charge in [0.15, 0.2) is 0 Å². The second kappa shape index (κ2) is 38.4. The van der Waals surface area contributed by atoms with Crippen molar-refractivity contribution < 1.29 is 23.7 Å². The van der Waals surface area contributed by atoms with Crippen molar-refractivity contribution in [2.24, 2.45) is 5.92 Å². The molecule has 0 aromatic rings. The Balaban J connectivity index is 2.25. The average Bonchev–Trinajstić information content (AvgIpc) is 3.59. The van der Waals surface area contributed by atoms with Crippen LogP contribution < -0.4 is 0 Å². The van der Waals surface area contributed by atoms with Crippen LogP contribution in [-0.2, 0) is 18.9 Å². The first-order valence-electron chi connectivity index (χ1n) is 25.1. The molecule has 1 aliphatic rings. The second-order valence-electron chi connectivity index (χ2n) is 18.7. The fraction of sp³-hybridized carbons (Fsp3) is 0.980. The number of carbonyl (C=O) groups is 1. The molecule has 1 heterocycles. The van der Waals surface area contributed by atoms with Gasteiger partial charge in [0, 0.05) is 26.2 Å². The lowest BCUT2D eigenvalue weighted by molar-refractivity contribution is -0.0481. The molecule has 0 aliphatic carbocycles. The highest BCUT2D eigenvalue weighted by Crippen LogP contribution is 2.22. The topological polar surface area (TPSA) is 57.2 Å². The van der Waals surface area contributed by atoms with Gasteiger partial charge in [-0.25, -0.2) is 4.79 Å². The normalized spacial score (nSPS) is 16.1. The molecular formula is C50H99NO5. The van der Waals surface area contributed by atoms with Gasteiger partial charge in [-0.05, 0) is 32.6 Å². The highest BCUT2D eigenvalue weighted by molar-refractivity contribution is 5.68. The van der Waals surface area contributed by atoms with Crippen molar-refractivity contribution in [1.82, 2.24) is 4.90 Å². The van der Waals surface area contributed by atoms with E-state index in [0.29, 0.717) is 38.6 Å². The fourth-order valence-electron chi connectivity index (χ4n) is 7.92. The molecule has 0 saturated carbocycles. The summed E-state index contributed by atoms with van der Waals surface area (Å²) in [6, 6.07) is 0. The first kappa shape index (κ1) is 53.2. The molecule has 334 valence electrons. The van der Waals surface area contributed by atoms with Crippen molar-refractivity contribution in [3.63, 3.8) is 0 Å². The standard InChI is InChI=1S/C50H99NO5/c1-7-9-11-13-15-17-19-21-23-25-27-29-31-33-35-37-40-53-47-43-51(49(52)55-42-39-50(5,6)56-45-46(3)4)44-48(47)54-41-38-36-34-32-30-28-26-24-22-20-18-16-14-12-10-8-2/h46-48H,7-45H2,1-6H3. The first-order chi connectivity index (χ1) is 27.3. The summed E-state index contributed by atoms with van der Waals surface area (Å²) in [5.41, 5.74) is -0.313. The van der Waals surface area contributed by atoms with E-state index in [9.17, 15) is 4.79 Å². The summed E-state index contributed by atoms with van der Waals surface area (Å²) in [5, 5.41) is 0. The minimum absolute atomic E-state index is 0.0780. The smallest absolute Gasteiger partial charge is 0.409 e. The average molecular weight is 794 g/mol. The molecule has 56 heavy (non-hydrogen) atoms. The van der Waals surface area contributed by atoms with Crippen LogP contribution >= 0.6 is 0 Å². The molecule has 6 heteroatoms. The lowest BCUT2D eigenvalue weighted by Gasteiger charge is -2.26. The van der Waals surface area contributed by atoms with E-state index in [1.54, 1.807) is 4.90 Å². The van der Waals surface area contributed by atoms with Crippen LogP contribution in [0.5, 0.6) is 0 Å². The molecule has 1 rings (SSSR count). The van der Waals surface area contributed by atoms with Crippen molar-refractivity contribution in [3.05, 3.63) is 0 Å². The molecule has 0 radical (unpaired) electrons. The molecule has 0 aromatic carbocycles. The molecule has 0 N–H and O–H groups in total. The number of amides is 1. The predicted molar refractivity (Wildman–Crippen MR) is 241 cm³/mol. The zero-order valence-corrected chi connectivity index (χ0v) is 38.8. The Hall–Kier alpha value is -0.850. The maximum absolute atomic E-state index is 13.1. The van der Waals surface area contributed by atoms with E-state index in [2.05, 4.69) is 41.5 Å². The van der Waals surface area contributed by atoms with E-state index in [1.165, 1.54) is 193 Å². The van der Waals surface area contributed by atoms with Gasteiger partial charge in [0.05, 0.1) is 25.3 Å². The number of rotatable bonds is 42. The third-order valence-corrected chi connectivity index (χ3v) is 11.9. The molecule has 0 aromatic heterocycles. The number of likely N-dealkylation sites (tertiary alicyclic amines) is 1. The Morgan fingerprint density at radius 1 is 0.500 bits per heavy atom. The predicted octanol–water partition coefficient (Wildman–Crippen LogP) is 15.6. The summed E-state index contributed by atoms with van der Waals surface area (Å²) in [5.74, 6) is 0.480. The van der Waals surface area contributed by atoms with Crippen LogP contribution in [0.25, 0.3) is 0 Å².